The SMILES string of the molecule is CCC(C)(C)NC[C@H](O)c1cccc(OC(=O)N(C(C)C)C(C)C)c1. The van der Waals surface area contributed by atoms with E-state index in [1.54, 1.807) is 23.1 Å². The number of aliphatic hydroxyl groups excluding tert-OH is 1. The Morgan fingerprint density at radius 3 is 2.36 bits per heavy atom. The van der Waals surface area contributed by atoms with Gasteiger partial charge in [-0.2, -0.15) is 0 Å². The van der Waals surface area contributed by atoms with Gasteiger partial charge >= 0.3 is 6.09 Å². The quantitative estimate of drug-likeness (QED) is 0.740. The van der Waals surface area contributed by atoms with Crippen molar-refractivity contribution in [2.75, 3.05) is 6.54 Å². The molecule has 0 saturated carbocycles. The molecule has 0 aliphatic heterocycles. The van der Waals surface area contributed by atoms with Gasteiger partial charge in [0.15, 0.2) is 0 Å². The number of carbonyl (C=O) groups is 1. The maximum absolute atomic E-state index is 12.4. The summed E-state index contributed by atoms with van der Waals surface area (Å²) in [6.45, 7) is 14.6. The van der Waals surface area contributed by atoms with Crippen molar-refractivity contribution in [1.29, 1.82) is 0 Å². The summed E-state index contributed by atoms with van der Waals surface area (Å²) in [4.78, 5) is 14.1. The van der Waals surface area contributed by atoms with Crippen LogP contribution >= 0.6 is 0 Å². The molecule has 0 aromatic heterocycles. The lowest BCUT2D eigenvalue weighted by molar-refractivity contribution is 0.122. The molecule has 2 N–H and O–H groups in total. The van der Waals surface area contributed by atoms with E-state index < -0.39 is 6.10 Å². The molecule has 0 fully saturated rings. The predicted molar refractivity (Wildman–Crippen MR) is 102 cm³/mol. The average molecular weight is 351 g/mol. The number of aliphatic hydroxyl groups is 1. The molecular weight excluding hydrogens is 316 g/mol. The zero-order chi connectivity index (χ0) is 19.2. The third kappa shape index (κ3) is 6.67. The summed E-state index contributed by atoms with van der Waals surface area (Å²) >= 11 is 0. The number of benzene rings is 1. The molecule has 0 radical (unpaired) electrons. The highest BCUT2D eigenvalue weighted by atomic mass is 16.6. The molecule has 5 heteroatoms. The van der Waals surface area contributed by atoms with E-state index in [4.69, 9.17) is 4.74 Å². The number of amides is 1. The molecule has 5 nitrogen and oxygen atoms in total. The molecule has 0 unspecified atom stereocenters. The number of carbonyl (C=O) groups excluding carboxylic acids is 1. The van der Waals surface area contributed by atoms with Crippen LogP contribution in [0.1, 0.15) is 66.6 Å². The Morgan fingerprint density at radius 2 is 1.84 bits per heavy atom. The summed E-state index contributed by atoms with van der Waals surface area (Å²) in [7, 11) is 0. The summed E-state index contributed by atoms with van der Waals surface area (Å²) in [5, 5.41) is 13.8. The minimum Gasteiger partial charge on any atom is -0.410 e. The van der Waals surface area contributed by atoms with Crippen LogP contribution in [0.15, 0.2) is 24.3 Å². The lowest BCUT2D eigenvalue weighted by Crippen LogP contribution is -2.43. The molecule has 142 valence electrons. The molecule has 0 heterocycles. The van der Waals surface area contributed by atoms with Crippen LogP contribution in [-0.2, 0) is 0 Å². The van der Waals surface area contributed by atoms with E-state index in [1.165, 1.54) is 0 Å². The van der Waals surface area contributed by atoms with Crippen LogP contribution in [0.2, 0.25) is 0 Å². The van der Waals surface area contributed by atoms with Crippen molar-refractivity contribution in [3.05, 3.63) is 29.8 Å². The summed E-state index contributed by atoms with van der Waals surface area (Å²) in [5.41, 5.74) is 0.699. The summed E-state index contributed by atoms with van der Waals surface area (Å²) in [5.74, 6) is 0.447. The molecule has 25 heavy (non-hydrogen) atoms. The van der Waals surface area contributed by atoms with E-state index >= 15 is 0 Å². The number of nitrogens with one attached hydrogen (secondary N) is 1. The highest BCUT2D eigenvalue weighted by molar-refractivity contribution is 5.71. The lowest BCUT2D eigenvalue weighted by Gasteiger charge is -2.29. The van der Waals surface area contributed by atoms with E-state index in [2.05, 4.69) is 26.1 Å². The number of ether oxygens (including phenoxy) is 1. The van der Waals surface area contributed by atoms with Crippen LogP contribution in [0.5, 0.6) is 5.75 Å². The van der Waals surface area contributed by atoms with Gasteiger partial charge in [-0.25, -0.2) is 4.79 Å². The standard InChI is InChI=1S/C20H34N2O3/c1-8-20(6,7)21-13-18(23)16-10-9-11-17(12-16)25-19(24)22(14(2)3)15(4)5/h9-12,14-15,18,21,23H,8,13H2,1-7H3/t18-/m0/s1. The van der Waals surface area contributed by atoms with Gasteiger partial charge in [-0.05, 0) is 65.7 Å². The number of nitrogens with zero attached hydrogens (tertiary/aromatic N) is 1. The molecule has 0 saturated heterocycles. The van der Waals surface area contributed by atoms with Crippen molar-refractivity contribution in [3.8, 4) is 5.75 Å². The maximum Gasteiger partial charge on any atom is 0.415 e. The Bertz CT molecular complexity index is 548. The van der Waals surface area contributed by atoms with E-state index in [0.717, 1.165) is 12.0 Å². The van der Waals surface area contributed by atoms with Gasteiger partial charge in [0.1, 0.15) is 5.75 Å². The second kappa shape index (κ2) is 9.20. The van der Waals surface area contributed by atoms with E-state index in [-0.39, 0.29) is 23.7 Å². The first-order valence-corrected chi connectivity index (χ1v) is 9.10. The van der Waals surface area contributed by atoms with Gasteiger partial charge in [0.2, 0.25) is 0 Å². The molecule has 0 bridgehead atoms. The first-order valence-electron chi connectivity index (χ1n) is 9.10. The molecule has 1 aromatic carbocycles. The highest BCUT2D eigenvalue weighted by Crippen LogP contribution is 2.21. The van der Waals surface area contributed by atoms with E-state index in [9.17, 15) is 9.90 Å². The summed E-state index contributed by atoms with van der Waals surface area (Å²) in [6.07, 6.45) is -0.0601. The maximum atomic E-state index is 12.4. The first-order chi connectivity index (χ1) is 11.6. The Labute approximate surface area is 152 Å². The fourth-order valence-corrected chi connectivity index (χ4v) is 2.57. The van der Waals surface area contributed by atoms with Crippen LogP contribution in [0.25, 0.3) is 0 Å². The fraction of sp³-hybridized carbons (Fsp3) is 0.650. The average Bonchev–Trinajstić information content (AvgIpc) is 2.52. The predicted octanol–water partition coefficient (Wildman–Crippen LogP) is 4.12. The largest absolute Gasteiger partial charge is 0.415 e. The number of β-amino-alcohol motifs (C(OH)–C–C–N with tert-alkyl or cyclic N) is 1. The van der Waals surface area contributed by atoms with Crippen molar-refractivity contribution in [2.45, 2.75) is 78.6 Å². The smallest absolute Gasteiger partial charge is 0.410 e. The van der Waals surface area contributed by atoms with Crippen molar-refractivity contribution in [2.24, 2.45) is 0 Å². The Balaban J connectivity index is 2.79. The minimum absolute atomic E-state index is 0.0277. The van der Waals surface area contributed by atoms with Gasteiger partial charge in [0, 0.05) is 24.2 Å². The van der Waals surface area contributed by atoms with Crippen molar-refractivity contribution >= 4 is 6.09 Å². The van der Waals surface area contributed by atoms with E-state index in [0.29, 0.717) is 12.3 Å². The van der Waals surface area contributed by atoms with Crippen molar-refractivity contribution in [1.82, 2.24) is 10.2 Å². The number of hydrogen-bond acceptors (Lipinski definition) is 4. The molecule has 0 spiro atoms. The molecular formula is C20H34N2O3. The van der Waals surface area contributed by atoms with Gasteiger partial charge < -0.3 is 20.1 Å². The number of hydrogen-bond donors (Lipinski definition) is 2. The van der Waals surface area contributed by atoms with Crippen LogP contribution in [0, 0.1) is 0 Å². The third-order valence-corrected chi connectivity index (χ3v) is 4.43. The normalized spacial score (nSPS) is 13.2. The minimum atomic E-state index is -0.657. The van der Waals surface area contributed by atoms with Crippen molar-refractivity contribution < 1.29 is 14.6 Å². The Hall–Kier alpha value is -1.59. The van der Waals surface area contributed by atoms with Crippen LogP contribution in [0.4, 0.5) is 4.79 Å². The fourth-order valence-electron chi connectivity index (χ4n) is 2.57. The topological polar surface area (TPSA) is 61.8 Å². The molecule has 0 aliphatic carbocycles. The second-order valence-electron chi connectivity index (χ2n) is 7.67. The summed E-state index contributed by atoms with van der Waals surface area (Å²) in [6, 6.07) is 7.20. The zero-order valence-electron chi connectivity index (χ0n) is 16.7. The monoisotopic (exact) mass is 350 g/mol. The van der Waals surface area contributed by atoms with Crippen LogP contribution < -0.4 is 10.1 Å². The third-order valence-electron chi connectivity index (χ3n) is 4.43. The van der Waals surface area contributed by atoms with Gasteiger partial charge in [0.25, 0.3) is 0 Å². The highest BCUT2D eigenvalue weighted by Gasteiger charge is 2.22. The molecule has 1 rings (SSSR count). The lowest BCUT2D eigenvalue weighted by atomic mass is 10.0. The van der Waals surface area contributed by atoms with Gasteiger partial charge in [-0.1, -0.05) is 19.1 Å². The summed E-state index contributed by atoms with van der Waals surface area (Å²) < 4.78 is 5.51. The van der Waals surface area contributed by atoms with Crippen LogP contribution in [-0.4, -0.2) is 40.3 Å². The Morgan fingerprint density at radius 1 is 1.24 bits per heavy atom. The molecule has 1 aromatic rings. The first kappa shape index (κ1) is 21.5. The second-order valence-corrected chi connectivity index (χ2v) is 7.67. The molecule has 0 aliphatic rings. The van der Waals surface area contributed by atoms with E-state index in [1.807, 2.05) is 33.8 Å². The molecule has 1 atom stereocenters. The number of rotatable bonds is 8. The van der Waals surface area contributed by atoms with Gasteiger partial charge in [-0.15, -0.1) is 0 Å². The van der Waals surface area contributed by atoms with Crippen LogP contribution in [0.3, 0.4) is 0 Å². The molecule has 1 amide bonds. The van der Waals surface area contributed by atoms with Gasteiger partial charge in [0.05, 0.1) is 6.10 Å². The van der Waals surface area contributed by atoms with Gasteiger partial charge in [-0.3, -0.25) is 0 Å². The van der Waals surface area contributed by atoms with Crippen molar-refractivity contribution in [3.63, 3.8) is 0 Å². The zero-order valence-corrected chi connectivity index (χ0v) is 16.7. The Kier molecular flexibility index (Phi) is 7.90.